The topological polar surface area (TPSA) is 78.4 Å². The molecule has 0 aromatic heterocycles. The third-order valence-corrected chi connectivity index (χ3v) is 2.10. The van der Waals surface area contributed by atoms with Gasteiger partial charge in [0.25, 0.3) is 5.69 Å². The summed E-state index contributed by atoms with van der Waals surface area (Å²) in [7, 11) is 0. The maximum Gasteiger partial charge on any atom is 0.275 e. The summed E-state index contributed by atoms with van der Waals surface area (Å²) in [4.78, 5) is 14.7. The summed E-state index contributed by atoms with van der Waals surface area (Å²) in [6.45, 7) is 3.05. The second-order valence-electron chi connectivity index (χ2n) is 3.55. The van der Waals surface area contributed by atoms with Crippen LogP contribution in [0.1, 0.15) is 19.4 Å². The van der Waals surface area contributed by atoms with E-state index in [1.807, 2.05) is 0 Å². The molecule has 15 heavy (non-hydrogen) atoms. The Balaban J connectivity index is 3.37. The lowest BCUT2D eigenvalue weighted by Gasteiger charge is -2.21. The third-order valence-electron chi connectivity index (χ3n) is 2.10. The number of halogens is 1. The average molecular weight is 214 g/mol. The zero-order chi connectivity index (χ0) is 11.6. The van der Waals surface area contributed by atoms with Crippen molar-refractivity contribution in [3.63, 3.8) is 0 Å². The van der Waals surface area contributed by atoms with Gasteiger partial charge in [0.2, 0.25) is 0 Å². The summed E-state index contributed by atoms with van der Waals surface area (Å²) in [5.41, 5.74) is -1.22. The Labute approximate surface area is 85.8 Å². The molecule has 0 saturated heterocycles. The Morgan fingerprint density at radius 1 is 1.53 bits per heavy atom. The highest BCUT2D eigenvalue weighted by Crippen LogP contribution is 2.31. The van der Waals surface area contributed by atoms with Gasteiger partial charge in [0.05, 0.1) is 10.5 Å². The van der Waals surface area contributed by atoms with Crippen molar-refractivity contribution in [1.82, 2.24) is 0 Å². The summed E-state index contributed by atoms with van der Waals surface area (Å²) in [6, 6.07) is 3.16. The van der Waals surface area contributed by atoms with Crippen LogP contribution in [-0.2, 0) is 10.4 Å². The molecular weight excluding hydrogens is 203 g/mol. The first-order valence-corrected chi connectivity index (χ1v) is 4.21. The monoisotopic (exact) mass is 214 g/mol. The van der Waals surface area contributed by atoms with Gasteiger partial charge in [-0.3, -0.25) is 15.0 Å². The highest BCUT2D eigenvalue weighted by atomic mass is 19.1. The van der Waals surface area contributed by atoms with E-state index < -0.39 is 16.3 Å². The first-order chi connectivity index (χ1) is 6.88. The molecule has 0 aliphatic rings. The standard InChI is InChI=1S/C9H11FN2O3/c1-9(2,15-11)7-5-6(10)3-4-8(7)12(13)14/h3-5H,11H2,1-2H3. The van der Waals surface area contributed by atoms with Crippen LogP contribution in [0.5, 0.6) is 0 Å². The summed E-state index contributed by atoms with van der Waals surface area (Å²) in [6.07, 6.45) is 0. The summed E-state index contributed by atoms with van der Waals surface area (Å²) < 4.78 is 13.0. The van der Waals surface area contributed by atoms with Gasteiger partial charge in [0, 0.05) is 6.07 Å². The van der Waals surface area contributed by atoms with Crippen molar-refractivity contribution in [2.75, 3.05) is 0 Å². The van der Waals surface area contributed by atoms with Crippen molar-refractivity contribution in [2.24, 2.45) is 5.90 Å². The van der Waals surface area contributed by atoms with Crippen LogP contribution in [0, 0.1) is 15.9 Å². The van der Waals surface area contributed by atoms with Crippen molar-refractivity contribution in [3.8, 4) is 0 Å². The molecule has 82 valence electrons. The number of rotatable bonds is 3. The highest BCUT2D eigenvalue weighted by molar-refractivity contribution is 5.43. The molecule has 0 fully saturated rings. The van der Waals surface area contributed by atoms with E-state index in [0.717, 1.165) is 18.2 Å². The minimum Gasteiger partial charge on any atom is -0.294 e. The molecule has 1 aromatic rings. The molecule has 0 unspecified atom stereocenters. The predicted molar refractivity (Wildman–Crippen MR) is 51.4 cm³/mol. The van der Waals surface area contributed by atoms with Crippen LogP contribution in [-0.4, -0.2) is 4.92 Å². The second-order valence-corrected chi connectivity index (χ2v) is 3.55. The molecule has 6 heteroatoms. The lowest BCUT2D eigenvalue weighted by Crippen LogP contribution is -2.26. The van der Waals surface area contributed by atoms with E-state index in [4.69, 9.17) is 5.90 Å². The number of nitro groups is 1. The minimum absolute atomic E-state index is 0.106. The van der Waals surface area contributed by atoms with Gasteiger partial charge < -0.3 is 0 Å². The van der Waals surface area contributed by atoms with Crippen molar-refractivity contribution in [2.45, 2.75) is 19.4 Å². The van der Waals surface area contributed by atoms with Gasteiger partial charge in [-0.05, 0) is 26.0 Å². The van der Waals surface area contributed by atoms with E-state index in [9.17, 15) is 14.5 Å². The molecule has 5 nitrogen and oxygen atoms in total. The Morgan fingerprint density at radius 2 is 2.13 bits per heavy atom. The number of hydrogen-bond donors (Lipinski definition) is 1. The van der Waals surface area contributed by atoms with Gasteiger partial charge in [-0.1, -0.05) is 0 Å². The fraction of sp³-hybridized carbons (Fsp3) is 0.333. The molecule has 0 heterocycles. The van der Waals surface area contributed by atoms with Crippen LogP contribution in [0.4, 0.5) is 10.1 Å². The first kappa shape index (κ1) is 11.5. The third kappa shape index (κ3) is 2.28. The minimum atomic E-state index is -1.11. The highest BCUT2D eigenvalue weighted by Gasteiger charge is 2.29. The number of nitrogens with zero attached hydrogens (tertiary/aromatic N) is 1. The van der Waals surface area contributed by atoms with Crippen molar-refractivity contribution in [1.29, 1.82) is 0 Å². The van der Waals surface area contributed by atoms with Crippen LogP contribution in [0.2, 0.25) is 0 Å². The van der Waals surface area contributed by atoms with Crippen molar-refractivity contribution in [3.05, 3.63) is 39.7 Å². The summed E-state index contributed by atoms with van der Waals surface area (Å²) in [5.74, 6) is 4.44. The molecule has 0 spiro atoms. The second kappa shape index (κ2) is 3.92. The van der Waals surface area contributed by atoms with Gasteiger partial charge in [-0.15, -0.1) is 0 Å². The van der Waals surface area contributed by atoms with Gasteiger partial charge >= 0.3 is 0 Å². The van der Waals surface area contributed by atoms with E-state index in [2.05, 4.69) is 4.84 Å². The van der Waals surface area contributed by atoms with E-state index in [0.29, 0.717) is 0 Å². The van der Waals surface area contributed by atoms with Gasteiger partial charge in [-0.2, -0.15) is 0 Å². The summed E-state index contributed by atoms with van der Waals surface area (Å²) >= 11 is 0. The zero-order valence-electron chi connectivity index (χ0n) is 8.36. The number of nitro benzene ring substituents is 1. The van der Waals surface area contributed by atoms with Crippen LogP contribution in [0.15, 0.2) is 18.2 Å². The lowest BCUT2D eigenvalue weighted by molar-refractivity contribution is -0.386. The first-order valence-electron chi connectivity index (χ1n) is 4.21. The SMILES string of the molecule is CC(C)(ON)c1cc(F)ccc1[N+](=O)[O-]. The molecule has 0 amide bonds. The van der Waals surface area contributed by atoms with Crippen molar-refractivity contribution >= 4 is 5.69 Å². The van der Waals surface area contributed by atoms with Crippen molar-refractivity contribution < 1.29 is 14.2 Å². The van der Waals surface area contributed by atoms with E-state index in [1.165, 1.54) is 13.8 Å². The number of nitrogens with two attached hydrogens (primary N) is 1. The van der Waals surface area contributed by atoms with Crippen LogP contribution in [0.25, 0.3) is 0 Å². The van der Waals surface area contributed by atoms with E-state index in [1.54, 1.807) is 0 Å². The molecular formula is C9H11FN2O3. The molecule has 2 N–H and O–H groups in total. The van der Waals surface area contributed by atoms with Gasteiger partial charge in [0.1, 0.15) is 11.4 Å². The number of benzene rings is 1. The zero-order valence-corrected chi connectivity index (χ0v) is 8.36. The fourth-order valence-electron chi connectivity index (χ4n) is 1.21. The smallest absolute Gasteiger partial charge is 0.275 e. The lowest BCUT2D eigenvalue weighted by atomic mass is 9.96. The molecule has 0 bridgehead atoms. The largest absolute Gasteiger partial charge is 0.294 e. The molecule has 0 radical (unpaired) electrons. The molecule has 0 aliphatic carbocycles. The maximum absolute atomic E-state index is 13.0. The Bertz CT molecular complexity index is 393. The van der Waals surface area contributed by atoms with E-state index in [-0.39, 0.29) is 11.3 Å². The molecule has 0 aliphatic heterocycles. The molecule has 1 aromatic carbocycles. The van der Waals surface area contributed by atoms with Gasteiger partial charge in [-0.25, -0.2) is 10.3 Å². The molecule has 0 atom stereocenters. The normalized spacial score (nSPS) is 11.5. The average Bonchev–Trinajstić information content (AvgIpc) is 2.17. The molecule has 1 rings (SSSR count). The molecule has 0 saturated carbocycles. The number of hydrogen-bond acceptors (Lipinski definition) is 4. The Morgan fingerprint density at radius 3 is 2.60 bits per heavy atom. The fourth-order valence-corrected chi connectivity index (χ4v) is 1.21. The Kier molecular flexibility index (Phi) is 3.01. The van der Waals surface area contributed by atoms with Crippen LogP contribution < -0.4 is 5.90 Å². The summed E-state index contributed by atoms with van der Waals surface area (Å²) in [5, 5.41) is 10.7. The van der Waals surface area contributed by atoms with E-state index >= 15 is 0 Å². The maximum atomic E-state index is 13.0. The predicted octanol–water partition coefficient (Wildman–Crippen LogP) is 1.86. The van der Waals surface area contributed by atoms with Gasteiger partial charge in [0.15, 0.2) is 0 Å². The van der Waals surface area contributed by atoms with Crippen LogP contribution >= 0.6 is 0 Å². The van der Waals surface area contributed by atoms with Crippen LogP contribution in [0.3, 0.4) is 0 Å². The Hall–Kier alpha value is -1.53. The quantitative estimate of drug-likeness (QED) is 0.615.